The molecule has 2 atom stereocenters. The number of rotatable bonds is 4. The number of hydrogen-bond donors (Lipinski definition) is 1. The monoisotopic (exact) mass is 297 g/mol. The highest BCUT2D eigenvalue weighted by atomic mass is 19.1. The molecule has 0 spiro atoms. The number of halogens is 2. The molecular weight excluding hydrogens is 272 g/mol. The van der Waals surface area contributed by atoms with Gasteiger partial charge in [-0.1, -0.05) is 6.07 Å². The quantitative estimate of drug-likeness (QED) is 0.912. The van der Waals surface area contributed by atoms with Crippen molar-refractivity contribution in [2.45, 2.75) is 70.7 Å². The van der Waals surface area contributed by atoms with Crippen molar-refractivity contribution < 1.29 is 13.5 Å². The predicted octanol–water partition coefficient (Wildman–Crippen LogP) is 3.83. The molecule has 2 rings (SSSR count). The lowest BCUT2D eigenvalue weighted by Crippen LogP contribution is -2.47. The van der Waals surface area contributed by atoms with Crippen LogP contribution >= 0.6 is 0 Å². The summed E-state index contributed by atoms with van der Waals surface area (Å²) in [5, 5.41) is 3.47. The fraction of sp³-hybridized carbons (Fsp3) is 0.647. The molecule has 0 aromatic heterocycles. The van der Waals surface area contributed by atoms with Crippen LogP contribution in [0.4, 0.5) is 8.78 Å². The molecule has 1 aromatic carbocycles. The van der Waals surface area contributed by atoms with Gasteiger partial charge in [-0.25, -0.2) is 8.78 Å². The summed E-state index contributed by atoms with van der Waals surface area (Å²) in [5.41, 5.74) is -0.316. The summed E-state index contributed by atoms with van der Waals surface area (Å²) in [6.07, 6.45) is 1.20. The van der Waals surface area contributed by atoms with E-state index in [4.69, 9.17) is 4.74 Å². The van der Waals surface area contributed by atoms with Gasteiger partial charge < -0.3 is 10.1 Å². The Morgan fingerprint density at radius 3 is 2.29 bits per heavy atom. The van der Waals surface area contributed by atoms with Crippen LogP contribution in [0, 0.1) is 11.6 Å². The van der Waals surface area contributed by atoms with E-state index >= 15 is 0 Å². The van der Waals surface area contributed by atoms with Gasteiger partial charge in [0.1, 0.15) is 11.6 Å². The minimum absolute atomic E-state index is 0.0295. The molecule has 1 heterocycles. The first-order chi connectivity index (χ1) is 9.61. The molecule has 2 unspecified atom stereocenters. The van der Waals surface area contributed by atoms with Crippen LogP contribution in [0.2, 0.25) is 0 Å². The third-order valence-corrected chi connectivity index (χ3v) is 4.13. The topological polar surface area (TPSA) is 21.3 Å². The van der Waals surface area contributed by atoms with Gasteiger partial charge in [-0.05, 0) is 59.6 Å². The molecule has 1 aliphatic heterocycles. The third-order valence-electron chi connectivity index (χ3n) is 4.13. The van der Waals surface area contributed by atoms with Crippen molar-refractivity contribution in [1.82, 2.24) is 5.32 Å². The fourth-order valence-electron chi connectivity index (χ4n) is 3.26. The first kappa shape index (κ1) is 16.4. The molecule has 1 fully saturated rings. The predicted molar refractivity (Wildman–Crippen MR) is 80.3 cm³/mol. The first-order valence-electron chi connectivity index (χ1n) is 7.50. The van der Waals surface area contributed by atoms with Gasteiger partial charge in [-0.2, -0.15) is 0 Å². The van der Waals surface area contributed by atoms with E-state index in [1.54, 1.807) is 0 Å². The van der Waals surface area contributed by atoms with Gasteiger partial charge in [0, 0.05) is 17.6 Å². The molecule has 1 N–H and O–H groups in total. The molecule has 0 saturated carbocycles. The zero-order chi connectivity index (χ0) is 15.8. The van der Waals surface area contributed by atoms with Gasteiger partial charge >= 0.3 is 0 Å². The van der Waals surface area contributed by atoms with Crippen molar-refractivity contribution in [2.24, 2.45) is 0 Å². The average Bonchev–Trinajstić information content (AvgIpc) is 2.52. The van der Waals surface area contributed by atoms with Crippen LogP contribution in [-0.2, 0) is 11.2 Å². The molecule has 0 amide bonds. The van der Waals surface area contributed by atoms with Gasteiger partial charge in [0.2, 0.25) is 0 Å². The fourth-order valence-corrected chi connectivity index (χ4v) is 3.26. The van der Waals surface area contributed by atoms with E-state index in [1.165, 1.54) is 18.2 Å². The second-order valence-electron chi connectivity index (χ2n) is 7.19. The van der Waals surface area contributed by atoms with Gasteiger partial charge in [0.25, 0.3) is 0 Å². The van der Waals surface area contributed by atoms with Crippen LogP contribution in [0.15, 0.2) is 18.2 Å². The summed E-state index contributed by atoms with van der Waals surface area (Å²) in [7, 11) is 0. The Balaban J connectivity index is 2.04. The van der Waals surface area contributed by atoms with Gasteiger partial charge in [-0.3, -0.25) is 0 Å². The van der Waals surface area contributed by atoms with Gasteiger partial charge in [-0.15, -0.1) is 0 Å². The molecule has 0 radical (unpaired) electrons. The second-order valence-corrected chi connectivity index (χ2v) is 7.19. The standard InChI is InChI=1S/C17H25F2NO/c1-11(9-12-13(18)7-6-8-14(12)19)20-15-10-16(2,3)21-17(15,4)5/h6-8,11,15,20H,9-10H2,1-5H3. The third kappa shape index (κ3) is 3.80. The zero-order valence-electron chi connectivity index (χ0n) is 13.5. The van der Waals surface area contributed by atoms with Crippen LogP contribution in [-0.4, -0.2) is 23.3 Å². The van der Waals surface area contributed by atoms with E-state index < -0.39 is 11.6 Å². The van der Waals surface area contributed by atoms with Gasteiger partial charge in [0.15, 0.2) is 0 Å². The number of ether oxygens (including phenoxy) is 1. The Bertz CT molecular complexity index is 493. The zero-order valence-corrected chi connectivity index (χ0v) is 13.5. The van der Waals surface area contributed by atoms with E-state index in [0.29, 0.717) is 6.42 Å². The van der Waals surface area contributed by atoms with Crippen LogP contribution in [0.25, 0.3) is 0 Å². The smallest absolute Gasteiger partial charge is 0.129 e. The molecule has 1 saturated heterocycles. The highest BCUT2D eigenvalue weighted by Crippen LogP contribution is 2.37. The maximum absolute atomic E-state index is 13.7. The molecular formula is C17H25F2NO. The molecule has 0 aliphatic carbocycles. The molecule has 0 bridgehead atoms. The second kappa shape index (κ2) is 5.65. The van der Waals surface area contributed by atoms with Crippen molar-refractivity contribution in [2.75, 3.05) is 0 Å². The van der Waals surface area contributed by atoms with Crippen molar-refractivity contribution >= 4 is 0 Å². The van der Waals surface area contributed by atoms with Crippen LogP contribution < -0.4 is 5.32 Å². The number of hydrogen-bond acceptors (Lipinski definition) is 2. The highest BCUT2D eigenvalue weighted by Gasteiger charge is 2.46. The summed E-state index contributed by atoms with van der Waals surface area (Å²) in [5.74, 6) is -0.961. The molecule has 1 aliphatic rings. The lowest BCUT2D eigenvalue weighted by atomic mass is 9.93. The Kier molecular flexibility index (Phi) is 4.41. The Morgan fingerprint density at radius 1 is 1.24 bits per heavy atom. The van der Waals surface area contributed by atoms with Crippen LogP contribution in [0.3, 0.4) is 0 Å². The normalized spacial score (nSPS) is 25.0. The van der Waals surface area contributed by atoms with E-state index in [1.807, 2.05) is 6.92 Å². The van der Waals surface area contributed by atoms with E-state index in [2.05, 4.69) is 33.0 Å². The molecule has 1 aromatic rings. The lowest BCUT2D eigenvalue weighted by molar-refractivity contribution is -0.0703. The minimum Gasteiger partial charge on any atom is -0.368 e. The molecule has 118 valence electrons. The van der Waals surface area contributed by atoms with E-state index in [9.17, 15) is 8.78 Å². The Hall–Kier alpha value is -1.00. The van der Waals surface area contributed by atoms with Crippen LogP contribution in [0.1, 0.15) is 46.6 Å². The Morgan fingerprint density at radius 2 is 1.81 bits per heavy atom. The summed E-state index contributed by atoms with van der Waals surface area (Å²) < 4.78 is 33.5. The molecule has 4 heteroatoms. The summed E-state index contributed by atoms with van der Waals surface area (Å²) in [4.78, 5) is 0. The van der Waals surface area contributed by atoms with Crippen LogP contribution in [0.5, 0.6) is 0 Å². The Labute approximate surface area is 125 Å². The minimum atomic E-state index is -0.481. The van der Waals surface area contributed by atoms with Crippen molar-refractivity contribution in [1.29, 1.82) is 0 Å². The summed E-state index contributed by atoms with van der Waals surface area (Å²) in [6.45, 7) is 10.2. The first-order valence-corrected chi connectivity index (χ1v) is 7.50. The maximum atomic E-state index is 13.7. The van der Waals surface area contributed by atoms with Gasteiger partial charge in [0.05, 0.1) is 11.2 Å². The number of nitrogens with one attached hydrogen (secondary N) is 1. The summed E-state index contributed by atoms with van der Waals surface area (Å²) in [6, 6.07) is 4.13. The van der Waals surface area contributed by atoms with E-state index in [-0.39, 0.29) is 28.8 Å². The maximum Gasteiger partial charge on any atom is 0.129 e. The SMILES string of the molecule is CC(Cc1c(F)cccc1F)NC1CC(C)(C)OC1(C)C. The van der Waals surface area contributed by atoms with Crippen molar-refractivity contribution in [3.63, 3.8) is 0 Å². The molecule has 2 nitrogen and oxygen atoms in total. The van der Waals surface area contributed by atoms with Crippen molar-refractivity contribution in [3.8, 4) is 0 Å². The lowest BCUT2D eigenvalue weighted by Gasteiger charge is -2.30. The average molecular weight is 297 g/mol. The summed E-state index contributed by atoms with van der Waals surface area (Å²) >= 11 is 0. The van der Waals surface area contributed by atoms with E-state index in [0.717, 1.165) is 6.42 Å². The molecule has 21 heavy (non-hydrogen) atoms. The highest BCUT2D eigenvalue weighted by molar-refractivity contribution is 5.20. The van der Waals surface area contributed by atoms with Crippen molar-refractivity contribution in [3.05, 3.63) is 35.4 Å². The number of benzene rings is 1. The largest absolute Gasteiger partial charge is 0.368 e.